The summed E-state index contributed by atoms with van der Waals surface area (Å²) in [5.74, 6) is 1.73. The molecule has 0 spiro atoms. The normalized spacial score (nSPS) is 17.1. The molecule has 1 fully saturated rings. The lowest BCUT2D eigenvalue weighted by atomic mass is 10.3. The fraction of sp³-hybridized carbons (Fsp3) is 0.889. The van der Waals surface area contributed by atoms with Crippen LogP contribution in [0, 0.1) is 0 Å². The molecule has 0 saturated carbocycles. The smallest absolute Gasteiger partial charge is 0.223 e. The van der Waals surface area contributed by atoms with Crippen molar-refractivity contribution in [3.05, 3.63) is 0 Å². The number of carbonyl (C=O) groups is 1. The fourth-order valence-electron chi connectivity index (χ4n) is 1.30. The Hall–Kier alpha value is -0.260. The fourth-order valence-corrected chi connectivity index (χ4v) is 1.95. The van der Waals surface area contributed by atoms with Gasteiger partial charge >= 0.3 is 0 Å². The van der Waals surface area contributed by atoms with E-state index in [0.29, 0.717) is 19.6 Å². The number of morpholine rings is 1. The average Bonchev–Trinajstić information content (AvgIpc) is 2.25. The predicted octanol–water partition coefficient (Wildman–Crippen LogP) is 0.0372. The van der Waals surface area contributed by atoms with E-state index in [4.69, 9.17) is 10.5 Å². The third-order valence-electron chi connectivity index (χ3n) is 2.06. The molecular weight excluding hydrogens is 200 g/mol. The Kier molecular flexibility index (Phi) is 5.98. The minimum absolute atomic E-state index is 0.191. The van der Waals surface area contributed by atoms with Gasteiger partial charge in [0.1, 0.15) is 0 Å². The lowest BCUT2D eigenvalue weighted by Crippen LogP contribution is -2.40. The van der Waals surface area contributed by atoms with Crippen molar-refractivity contribution in [2.45, 2.75) is 6.42 Å². The zero-order valence-electron chi connectivity index (χ0n) is 8.28. The molecule has 5 heteroatoms. The van der Waals surface area contributed by atoms with Crippen LogP contribution in [0.1, 0.15) is 6.42 Å². The highest BCUT2D eigenvalue weighted by atomic mass is 32.2. The van der Waals surface area contributed by atoms with Gasteiger partial charge in [0.2, 0.25) is 5.91 Å². The van der Waals surface area contributed by atoms with Gasteiger partial charge in [0.05, 0.1) is 13.2 Å². The van der Waals surface area contributed by atoms with E-state index in [1.807, 2.05) is 4.90 Å². The van der Waals surface area contributed by atoms with Gasteiger partial charge in [-0.2, -0.15) is 11.8 Å². The Morgan fingerprint density at radius 3 is 2.71 bits per heavy atom. The van der Waals surface area contributed by atoms with E-state index in [0.717, 1.165) is 24.6 Å². The van der Waals surface area contributed by atoms with Crippen LogP contribution in [0.5, 0.6) is 0 Å². The van der Waals surface area contributed by atoms with Crippen LogP contribution < -0.4 is 5.73 Å². The molecule has 4 nitrogen and oxygen atoms in total. The number of ether oxygens (including phenoxy) is 1. The van der Waals surface area contributed by atoms with Crippen LogP contribution in [-0.4, -0.2) is 55.2 Å². The molecule has 80 valence electrons. The van der Waals surface area contributed by atoms with Gasteiger partial charge in [-0.25, -0.2) is 0 Å². The maximum absolute atomic E-state index is 11.6. The molecule has 0 unspecified atom stereocenters. The monoisotopic (exact) mass is 216 g/mol. The molecule has 1 amide bonds. The SMILES string of the molecule is [N]CCSCCC(=O)N1CCOCC1. The van der Waals surface area contributed by atoms with E-state index in [2.05, 4.69) is 0 Å². The van der Waals surface area contributed by atoms with Crippen molar-refractivity contribution in [2.75, 3.05) is 44.4 Å². The summed E-state index contributed by atoms with van der Waals surface area (Å²) in [6.07, 6.45) is 0.574. The second-order valence-electron chi connectivity index (χ2n) is 3.08. The number of rotatable bonds is 5. The predicted molar refractivity (Wildman–Crippen MR) is 56.3 cm³/mol. The summed E-state index contributed by atoms with van der Waals surface area (Å²) in [4.78, 5) is 13.4. The van der Waals surface area contributed by atoms with Crippen LogP contribution >= 0.6 is 11.8 Å². The Bertz CT molecular complexity index is 172. The van der Waals surface area contributed by atoms with Crippen LogP contribution in [0.3, 0.4) is 0 Å². The molecule has 14 heavy (non-hydrogen) atoms. The van der Waals surface area contributed by atoms with Gasteiger partial charge in [-0.3, -0.25) is 4.79 Å². The first-order valence-electron chi connectivity index (χ1n) is 4.88. The molecule has 1 rings (SSSR count). The summed E-state index contributed by atoms with van der Waals surface area (Å²) in [5.41, 5.74) is 8.55. The highest BCUT2D eigenvalue weighted by molar-refractivity contribution is 7.99. The minimum atomic E-state index is 0.191. The number of nitrogens with zero attached hydrogens (tertiary/aromatic N) is 2. The molecule has 1 aliphatic heterocycles. The Morgan fingerprint density at radius 1 is 1.36 bits per heavy atom. The first-order valence-corrected chi connectivity index (χ1v) is 6.04. The molecule has 1 heterocycles. The summed E-state index contributed by atoms with van der Waals surface area (Å²) in [6, 6.07) is 0. The van der Waals surface area contributed by atoms with Gasteiger partial charge < -0.3 is 9.64 Å². The molecule has 0 atom stereocenters. The number of amides is 1. The Labute approximate surface area is 89.2 Å². The lowest BCUT2D eigenvalue weighted by molar-refractivity contribution is -0.134. The topological polar surface area (TPSA) is 51.8 Å². The molecule has 0 aromatic rings. The van der Waals surface area contributed by atoms with E-state index >= 15 is 0 Å². The van der Waals surface area contributed by atoms with Crippen molar-refractivity contribution in [3.63, 3.8) is 0 Å². The molecule has 1 saturated heterocycles. The van der Waals surface area contributed by atoms with E-state index in [1.54, 1.807) is 11.8 Å². The lowest BCUT2D eigenvalue weighted by Gasteiger charge is -2.26. The quantitative estimate of drug-likeness (QED) is 0.610. The molecule has 0 aromatic heterocycles. The first-order chi connectivity index (χ1) is 6.84. The molecule has 0 bridgehead atoms. The highest BCUT2D eigenvalue weighted by Crippen LogP contribution is 2.05. The van der Waals surface area contributed by atoms with Crippen molar-refractivity contribution in [2.24, 2.45) is 0 Å². The zero-order chi connectivity index (χ0) is 10.2. The second kappa shape index (κ2) is 7.09. The van der Waals surface area contributed by atoms with Crippen molar-refractivity contribution < 1.29 is 9.53 Å². The molecule has 0 aromatic carbocycles. The maximum Gasteiger partial charge on any atom is 0.223 e. The van der Waals surface area contributed by atoms with E-state index < -0.39 is 0 Å². The van der Waals surface area contributed by atoms with Crippen LogP contribution in [0.4, 0.5) is 0 Å². The van der Waals surface area contributed by atoms with E-state index in [-0.39, 0.29) is 12.5 Å². The standard InChI is InChI=1S/C9H16N2O2S/c10-2-8-14-7-1-9(12)11-3-5-13-6-4-11/h1-8H2. The molecular formula is C9H16N2O2S. The van der Waals surface area contributed by atoms with E-state index in [1.165, 1.54) is 0 Å². The molecule has 0 aliphatic carbocycles. The number of carbonyl (C=O) groups excluding carboxylic acids is 1. The molecule has 0 N–H and O–H groups in total. The summed E-state index contributed by atoms with van der Waals surface area (Å²) in [7, 11) is 0. The number of hydrogen-bond donors (Lipinski definition) is 0. The second-order valence-corrected chi connectivity index (χ2v) is 4.30. The molecule has 2 radical (unpaired) electrons. The van der Waals surface area contributed by atoms with Crippen molar-refractivity contribution >= 4 is 17.7 Å². The summed E-state index contributed by atoms with van der Waals surface area (Å²) in [6.45, 7) is 2.97. The first kappa shape index (κ1) is 11.8. The van der Waals surface area contributed by atoms with Gasteiger partial charge in [-0.1, -0.05) is 0 Å². The zero-order valence-corrected chi connectivity index (χ0v) is 9.09. The van der Waals surface area contributed by atoms with Gasteiger partial charge in [0, 0.05) is 37.6 Å². The summed E-state index contributed by atoms with van der Waals surface area (Å²) in [5, 5.41) is 0. The van der Waals surface area contributed by atoms with Crippen LogP contribution in [-0.2, 0) is 9.53 Å². The maximum atomic E-state index is 11.6. The third-order valence-corrected chi connectivity index (χ3v) is 3.02. The largest absolute Gasteiger partial charge is 0.378 e. The van der Waals surface area contributed by atoms with Crippen LogP contribution in [0.25, 0.3) is 0 Å². The Balaban J connectivity index is 2.07. The summed E-state index contributed by atoms with van der Waals surface area (Å²) >= 11 is 1.62. The minimum Gasteiger partial charge on any atom is -0.378 e. The van der Waals surface area contributed by atoms with Crippen LogP contribution in [0.2, 0.25) is 0 Å². The van der Waals surface area contributed by atoms with E-state index in [9.17, 15) is 4.79 Å². The number of thioether (sulfide) groups is 1. The van der Waals surface area contributed by atoms with Crippen molar-refractivity contribution in [1.82, 2.24) is 10.6 Å². The van der Waals surface area contributed by atoms with Gasteiger partial charge in [-0.05, 0) is 0 Å². The average molecular weight is 216 g/mol. The van der Waals surface area contributed by atoms with Gasteiger partial charge in [-0.15, -0.1) is 5.73 Å². The van der Waals surface area contributed by atoms with Crippen molar-refractivity contribution in [3.8, 4) is 0 Å². The van der Waals surface area contributed by atoms with Crippen LogP contribution in [0.15, 0.2) is 0 Å². The molecule has 1 aliphatic rings. The van der Waals surface area contributed by atoms with Crippen molar-refractivity contribution in [1.29, 1.82) is 0 Å². The van der Waals surface area contributed by atoms with Gasteiger partial charge in [0.25, 0.3) is 0 Å². The number of hydrogen-bond acceptors (Lipinski definition) is 3. The summed E-state index contributed by atoms with van der Waals surface area (Å²) < 4.78 is 5.16. The highest BCUT2D eigenvalue weighted by Gasteiger charge is 2.15. The Morgan fingerprint density at radius 2 is 2.07 bits per heavy atom. The van der Waals surface area contributed by atoms with Gasteiger partial charge in [0.15, 0.2) is 0 Å². The third kappa shape index (κ3) is 4.30.